The minimum Gasteiger partial charge on any atom is -0.504 e. The summed E-state index contributed by atoms with van der Waals surface area (Å²) in [6, 6.07) is 8.06. The zero-order chi connectivity index (χ0) is 28.0. The van der Waals surface area contributed by atoms with Gasteiger partial charge in [-0.3, -0.25) is 0 Å². The van der Waals surface area contributed by atoms with Crippen molar-refractivity contribution in [2.24, 2.45) is 0 Å². The van der Waals surface area contributed by atoms with Crippen molar-refractivity contribution in [1.29, 1.82) is 0 Å². The lowest BCUT2D eigenvalue weighted by molar-refractivity contribution is -0.204. The van der Waals surface area contributed by atoms with Gasteiger partial charge < -0.3 is 44.8 Å². The summed E-state index contributed by atoms with van der Waals surface area (Å²) in [5.74, 6) is -4.36. The number of esters is 2. The summed E-state index contributed by atoms with van der Waals surface area (Å²) in [5, 5.41) is 58.9. The fourth-order valence-electron chi connectivity index (χ4n) is 3.81. The Balaban J connectivity index is 1.75. The minimum absolute atomic E-state index is 0.107. The van der Waals surface area contributed by atoms with Crippen LogP contribution in [0.5, 0.6) is 23.0 Å². The number of aromatic hydroxyl groups is 3. The van der Waals surface area contributed by atoms with Gasteiger partial charge in [0, 0.05) is 25.0 Å². The molecule has 0 bridgehead atoms. The molecule has 4 atom stereocenters. The van der Waals surface area contributed by atoms with Gasteiger partial charge in [0.1, 0.15) is 6.10 Å². The van der Waals surface area contributed by atoms with Gasteiger partial charge in [0.25, 0.3) is 0 Å². The summed E-state index contributed by atoms with van der Waals surface area (Å²) in [4.78, 5) is 36.5. The first kappa shape index (κ1) is 28.0. The largest absolute Gasteiger partial charge is 0.504 e. The van der Waals surface area contributed by atoms with Crippen LogP contribution in [0.4, 0.5) is 0 Å². The Hall–Kier alpha value is -4.55. The standard InChI is InChI=1S/C26H26O12/c1-36-20-11-15(3-7-17(20)28)5-9-23(32)38-24-19(30)12-26(35,25(33)34)13-21(24)37-22(31)8-4-14-2-6-16(27)18(29)10-14/h2-11,19,21,24,27-30,35H,12-13H2,1H3,(H,33,34)/b8-4+,9-5+/t19-,21-,24-,26+/m1/s1. The van der Waals surface area contributed by atoms with E-state index in [1.54, 1.807) is 0 Å². The van der Waals surface area contributed by atoms with Crippen LogP contribution in [0.25, 0.3) is 12.2 Å². The molecule has 202 valence electrons. The molecule has 1 fully saturated rings. The maximum Gasteiger partial charge on any atom is 0.335 e. The molecule has 12 nitrogen and oxygen atoms in total. The molecular weight excluding hydrogens is 504 g/mol. The maximum absolute atomic E-state index is 12.5. The van der Waals surface area contributed by atoms with Crippen LogP contribution in [-0.4, -0.2) is 79.6 Å². The van der Waals surface area contributed by atoms with Crippen molar-refractivity contribution >= 4 is 30.1 Å². The predicted molar refractivity (Wildman–Crippen MR) is 130 cm³/mol. The van der Waals surface area contributed by atoms with Gasteiger partial charge in [-0.25, -0.2) is 14.4 Å². The summed E-state index contributed by atoms with van der Waals surface area (Å²) >= 11 is 0. The van der Waals surface area contributed by atoms with E-state index in [2.05, 4.69) is 0 Å². The van der Waals surface area contributed by atoms with Crippen molar-refractivity contribution in [1.82, 2.24) is 0 Å². The van der Waals surface area contributed by atoms with Gasteiger partial charge in [-0.05, 0) is 47.5 Å². The highest BCUT2D eigenvalue weighted by atomic mass is 16.6. The number of aliphatic hydroxyl groups excluding tert-OH is 1. The van der Waals surface area contributed by atoms with E-state index in [1.165, 1.54) is 55.7 Å². The number of hydrogen-bond acceptors (Lipinski definition) is 11. The number of rotatable bonds is 8. The van der Waals surface area contributed by atoms with E-state index in [0.717, 1.165) is 12.2 Å². The second kappa shape index (κ2) is 11.7. The zero-order valence-electron chi connectivity index (χ0n) is 20.1. The Labute approximate surface area is 216 Å². The summed E-state index contributed by atoms with van der Waals surface area (Å²) in [6.07, 6.45) is -1.56. The lowest BCUT2D eigenvalue weighted by Gasteiger charge is -2.40. The Morgan fingerprint density at radius 1 is 0.868 bits per heavy atom. The minimum atomic E-state index is -2.45. The maximum atomic E-state index is 12.5. The predicted octanol–water partition coefficient (Wildman–Crippen LogP) is 1.33. The average Bonchev–Trinajstić information content (AvgIpc) is 2.86. The number of carbonyl (C=O) groups is 3. The third kappa shape index (κ3) is 6.81. The molecule has 1 aliphatic rings. The van der Waals surface area contributed by atoms with Gasteiger partial charge in [-0.1, -0.05) is 12.1 Å². The molecule has 2 aromatic carbocycles. The van der Waals surface area contributed by atoms with Crippen LogP contribution in [0.15, 0.2) is 48.6 Å². The van der Waals surface area contributed by atoms with Crippen molar-refractivity contribution in [2.45, 2.75) is 36.8 Å². The van der Waals surface area contributed by atoms with Gasteiger partial charge >= 0.3 is 17.9 Å². The molecule has 0 aromatic heterocycles. The van der Waals surface area contributed by atoms with E-state index >= 15 is 0 Å². The number of ether oxygens (including phenoxy) is 3. The van der Waals surface area contributed by atoms with E-state index in [-0.39, 0.29) is 17.2 Å². The molecule has 6 N–H and O–H groups in total. The van der Waals surface area contributed by atoms with Gasteiger partial charge in [-0.2, -0.15) is 0 Å². The third-order valence-corrected chi connectivity index (χ3v) is 5.78. The highest BCUT2D eigenvalue weighted by molar-refractivity contribution is 5.88. The number of phenols is 3. The summed E-state index contributed by atoms with van der Waals surface area (Å²) in [7, 11) is 1.35. The quantitative estimate of drug-likeness (QED) is 0.163. The monoisotopic (exact) mass is 530 g/mol. The number of methoxy groups -OCH3 is 1. The van der Waals surface area contributed by atoms with Crippen LogP contribution in [0.2, 0.25) is 0 Å². The molecule has 12 heteroatoms. The summed E-state index contributed by atoms with van der Waals surface area (Å²) in [5.41, 5.74) is -1.66. The Kier molecular flexibility index (Phi) is 8.61. The number of carboxylic acid groups (broad SMARTS) is 1. The van der Waals surface area contributed by atoms with Crippen LogP contribution in [0, 0.1) is 0 Å². The van der Waals surface area contributed by atoms with Crippen LogP contribution in [-0.2, 0) is 23.9 Å². The number of benzene rings is 2. The molecule has 0 spiro atoms. The van der Waals surface area contributed by atoms with Gasteiger partial charge in [0.15, 0.2) is 34.7 Å². The van der Waals surface area contributed by atoms with Crippen LogP contribution in [0.1, 0.15) is 24.0 Å². The lowest BCUT2D eigenvalue weighted by atomic mass is 9.79. The number of aliphatic hydroxyl groups is 2. The van der Waals surface area contributed by atoms with Gasteiger partial charge in [-0.15, -0.1) is 0 Å². The normalized spacial score (nSPS) is 23.3. The number of hydrogen-bond donors (Lipinski definition) is 6. The molecule has 1 aliphatic carbocycles. The molecule has 0 heterocycles. The van der Waals surface area contributed by atoms with E-state index in [1.807, 2.05) is 0 Å². The molecular formula is C26H26O12. The number of aliphatic carboxylic acids is 1. The Morgan fingerprint density at radius 2 is 1.45 bits per heavy atom. The SMILES string of the molecule is COc1cc(/C=C/C(=O)O[C@@H]2[C@H](O)C[C@@](O)(C(=O)O)C[C@H]2OC(=O)/C=C/c2ccc(O)c(O)c2)ccc1O. The van der Waals surface area contributed by atoms with Gasteiger partial charge in [0.2, 0.25) is 0 Å². The van der Waals surface area contributed by atoms with Crippen molar-refractivity contribution in [3.05, 3.63) is 59.7 Å². The van der Waals surface area contributed by atoms with E-state index < -0.39 is 60.4 Å². The first-order chi connectivity index (χ1) is 17.9. The van der Waals surface area contributed by atoms with Crippen molar-refractivity contribution < 1.29 is 59.2 Å². The second-order valence-electron chi connectivity index (χ2n) is 8.54. The fourth-order valence-corrected chi connectivity index (χ4v) is 3.81. The van der Waals surface area contributed by atoms with Crippen LogP contribution < -0.4 is 4.74 Å². The fraction of sp³-hybridized carbons (Fsp3) is 0.269. The van der Waals surface area contributed by atoms with E-state index in [0.29, 0.717) is 11.1 Å². The molecule has 2 aromatic rings. The van der Waals surface area contributed by atoms with E-state index in [9.17, 15) is 45.0 Å². The topological polar surface area (TPSA) is 200 Å². The molecule has 0 unspecified atom stereocenters. The molecule has 38 heavy (non-hydrogen) atoms. The summed E-state index contributed by atoms with van der Waals surface area (Å²) in [6.45, 7) is 0. The Bertz CT molecular complexity index is 1270. The van der Waals surface area contributed by atoms with Gasteiger partial charge in [0.05, 0.1) is 13.2 Å². The van der Waals surface area contributed by atoms with E-state index in [4.69, 9.17) is 14.2 Å². The molecule has 3 rings (SSSR count). The first-order valence-electron chi connectivity index (χ1n) is 11.2. The average molecular weight is 530 g/mol. The van der Waals surface area contributed by atoms with Crippen molar-refractivity contribution in [3.8, 4) is 23.0 Å². The molecule has 1 saturated carbocycles. The van der Waals surface area contributed by atoms with Crippen LogP contribution >= 0.6 is 0 Å². The molecule has 0 saturated heterocycles. The number of phenolic OH excluding ortho intramolecular Hbond substituents is 3. The first-order valence-corrected chi connectivity index (χ1v) is 11.2. The molecule has 0 radical (unpaired) electrons. The van der Waals surface area contributed by atoms with Crippen molar-refractivity contribution in [2.75, 3.05) is 7.11 Å². The second-order valence-corrected chi connectivity index (χ2v) is 8.54. The highest BCUT2D eigenvalue weighted by Gasteiger charge is 2.52. The Morgan fingerprint density at radius 3 is 2.03 bits per heavy atom. The molecule has 0 aliphatic heterocycles. The number of carboxylic acids is 1. The zero-order valence-corrected chi connectivity index (χ0v) is 20.1. The number of carbonyl (C=O) groups excluding carboxylic acids is 2. The third-order valence-electron chi connectivity index (χ3n) is 5.78. The van der Waals surface area contributed by atoms with Crippen molar-refractivity contribution in [3.63, 3.8) is 0 Å². The van der Waals surface area contributed by atoms with Crippen LogP contribution in [0.3, 0.4) is 0 Å². The lowest BCUT2D eigenvalue weighted by Crippen LogP contribution is -2.58. The summed E-state index contributed by atoms with van der Waals surface area (Å²) < 4.78 is 15.5. The smallest absolute Gasteiger partial charge is 0.335 e. The molecule has 0 amide bonds. The highest BCUT2D eigenvalue weighted by Crippen LogP contribution is 2.33.